The lowest BCUT2D eigenvalue weighted by atomic mass is 9.84. The van der Waals surface area contributed by atoms with Gasteiger partial charge in [0.15, 0.2) is 0 Å². The number of nitrogens with zero attached hydrogens (tertiary/aromatic N) is 3. The molecule has 3 heterocycles. The summed E-state index contributed by atoms with van der Waals surface area (Å²) in [4.78, 5) is 49.1. The molecule has 0 aliphatic carbocycles. The summed E-state index contributed by atoms with van der Waals surface area (Å²) >= 11 is 1.59. The maximum absolute atomic E-state index is 14.0. The summed E-state index contributed by atoms with van der Waals surface area (Å²) in [7, 11) is 0. The van der Waals surface area contributed by atoms with Gasteiger partial charge in [0, 0.05) is 31.6 Å². The highest BCUT2D eigenvalue weighted by molar-refractivity contribution is 7.13. The Morgan fingerprint density at radius 2 is 1.87 bits per heavy atom. The minimum absolute atomic E-state index is 0.0569. The maximum Gasteiger partial charge on any atom is 0.255 e. The third-order valence-corrected chi connectivity index (χ3v) is 8.49. The van der Waals surface area contributed by atoms with E-state index in [1.165, 1.54) is 4.90 Å². The van der Waals surface area contributed by atoms with Crippen molar-refractivity contribution in [2.24, 2.45) is 5.41 Å². The van der Waals surface area contributed by atoms with Gasteiger partial charge in [-0.3, -0.25) is 14.4 Å². The topological polar surface area (TPSA) is 103 Å². The average Bonchev–Trinajstić information content (AvgIpc) is 3.59. The fourth-order valence-electron chi connectivity index (χ4n) is 5.58. The summed E-state index contributed by atoms with van der Waals surface area (Å²) in [5, 5.41) is 13.4. The first-order valence-corrected chi connectivity index (χ1v) is 14.1. The number of fused-ring (bicyclic) bond motifs is 1. The summed E-state index contributed by atoms with van der Waals surface area (Å²) in [6.07, 6.45) is -0.648. The van der Waals surface area contributed by atoms with Crippen LogP contribution in [0.1, 0.15) is 54.4 Å². The van der Waals surface area contributed by atoms with Crippen LogP contribution in [0.3, 0.4) is 0 Å². The third kappa shape index (κ3) is 5.33. The summed E-state index contributed by atoms with van der Waals surface area (Å²) in [5.74, 6) is -0.813. The molecule has 0 radical (unpaired) electrons. The van der Waals surface area contributed by atoms with Crippen LogP contribution in [-0.4, -0.2) is 62.3 Å². The maximum atomic E-state index is 14.0. The number of aliphatic hydroxyl groups excluding tert-OH is 1. The quantitative estimate of drug-likeness (QED) is 0.490. The second-order valence-corrected chi connectivity index (χ2v) is 12.3. The van der Waals surface area contributed by atoms with Gasteiger partial charge in [-0.15, -0.1) is 11.3 Å². The Balaban J connectivity index is 1.30. The minimum atomic E-state index is -0.809. The fraction of sp³-hybridized carbons (Fsp3) is 0.400. The van der Waals surface area contributed by atoms with Crippen LogP contribution in [0.15, 0.2) is 54.0 Å². The molecule has 0 bridgehead atoms. The average molecular weight is 547 g/mol. The van der Waals surface area contributed by atoms with Gasteiger partial charge in [0.1, 0.15) is 12.1 Å². The Hall–Kier alpha value is -3.56. The Kier molecular flexibility index (Phi) is 7.31. The number of nitrogens with one attached hydrogen (secondary N) is 1. The van der Waals surface area contributed by atoms with Gasteiger partial charge in [0.05, 0.1) is 22.2 Å². The molecule has 3 atom stereocenters. The largest absolute Gasteiger partial charge is 0.391 e. The fourth-order valence-corrected chi connectivity index (χ4v) is 6.39. The van der Waals surface area contributed by atoms with Gasteiger partial charge in [0.25, 0.3) is 5.91 Å². The lowest BCUT2D eigenvalue weighted by Gasteiger charge is -2.40. The van der Waals surface area contributed by atoms with Crippen molar-refractivity contribution in [3.8, 4) is 10.4 Å². The van der Waals surface area contributed by atoms with E-state index in [9.17, 15) is 19.5 Å². The molecule has 2 aliphatic rings. The highest BCUT2D eigenvalue weighted by Gasteiger charge is 2.48. The summed E-state index contributed by atoms with van der Waals surface area (Å²) < 4.78 is 0. The first-order valence-electron chi connectivity index (χ1n) is 13.2. The van der Waals surface area contributed by atoms with E-state index >= 15 is 0 Å². The predicted octanol–water partition coefficient (Wildman–Crippen LogP) is 3.77. The van der Waals surface area contributed by atoms with Gasteiger partial charge in [-0.25, -0.2) is 4.98 Å². The van der Waals surface area contributed by atoms with Crippen molar-refractivity contribution in [3.63, 3.8) is 0 Å². The molecule has 8 nitrogen and oxygen atoms in total. The van der Waals surface area contributed by atoms with Gasteiger partial charge < -0.3 is 20.2 Å². The van der Waals surface area contributed by atoms with E-state index in [0.717, 1.165) is 27.3 Å². The zero-order valence-corrected chi connectivity index (χ0v) is 23.5. The molecule has 39 heavy (non-hydrogen) atoms. The number of hydrogen-bond donors (Lipinski definition) is 2. The van der Waals surface area contributed by atoms with Crippen molar-refractivity contribution in [2.75, 3.05) is 6.54 Å². The Morgan fingerprint density at radius 1 is 1.15 bits per heavy atom. The predicted molar refractivity (Wildman–Crippen MR) is 150 cm³/mol. The van der Waals surface area contributed by atoms with Crippen LogP contribution < -0.4 is 5.32 Å². The summed E-state index contributed by atoms with van der Waals surface area (Å²) in [5.41, 5.74) is 5.72. The van der Waals surface area contributed by atoms with Crippen LogP contribution in [0.25, 0.3) is 10.4 Å². The number of aliphatic hydroxyl groups is 1. The van der Waals surface area contributed by atoms with Crippen molar-refractivity contribution >= 4 is 29.1 Å². The highest BCUT2D eigenvalue weighted by Crippen LogP contribution is 2.35. The highest BCUT2D eigenvalue weighted by atomic mass is 32.1. The van der Waals surface area contributed by atoms with Crippen LogP contribution in [0, 0.1) is 12.3 Å². The Labute approximate surface area is 232 Å². The SMILES string of the molecule is Cc1ncsc1-c1ccc(CNC(=O)[C@@H]2C[C@@H](O)CN2C(=O)[C@@H](N2Cc3ccccc3C2=O)C(C)(C)C)cc1. The number of rotatable bonds is 6. The van der Waals surface area contributed by atoms with Gasteiger partial charge >= 0.3 is 0 Å². The molecule has 3 amide bonds. The third-order valence-electron chi connectivity index (χ3n) is 7.51. The van der Waals surface area contributed by atoms with Crippen molar-refractivity contribution in [3.05, 3.63) is 76.4 Å². The molecule has 1 aromatic heterocycles. The molecule has 2 N–H and O–H groups in total. The number of carbonyl (C=O) groups excluding carboxylic acids is 3. The molecular weight excluding hydrogens is 512 g/mol. The molecule has 2 aliphatic heterocycles. The number of benzene rings is 2. The molecule has 1 saturated heterocycles. The molecule has 3 aromatic rings. The van der Waals surface area contributed by atoms with E-state index in [-0.39, 0.29) is 30.7 Å². The Morgan fingerprint density at radius 3 is 2.51 bits per heavy atom. The first kappa shape index (κ1) is 27.0. The van der Waals surface area contributed by atoms with Gasteiger partial charge in [-0.2, -0.15) is 0 Å². The van der Waals surface area contributed by atoms with E-state index in [0.29, 0.717) is 18.7 Å². The number of β-amino-alcohol motifs (C(OH)–C–C–N with tert-alkyl or cyclic N) is 1. The number of hydrogen-bond acceptors (Lipinski definition) is 6. The van der Waals surface area contributed by atoms with Crippen molar-refractivity contribution in [1.29, 1.82) is 0 Å². The van der Waals surface area contributed by atoms with Crippen LogP contribution in [0.2, 0.25) is 0 Å². The number of carbonyl (C=O) groups is 3. The summed E-state index contributed by atoms with van der Waals surface area (Å²) in [6, 6.07) is 13.7. The van der Waals surface area contributed by atoms with Crippen LogP contribution >= 0.6 is 11.3 Å². The van der Waals surface area contributed by atoms with Gasteiger partial charge in [-0.05, 0) is 35.1 Å². The van der Waals surface area contributed by atoms with Gasteiger partial charge in [0.2, 0.25) is 11.8 Å². The molecule has 0 spiro atoms. The molecule has 0 unspecified atom stereocenters. The molecule has 5 rings (SSSR count). The van der Waals surface area contributed by atoms with E-state index in [4.69, 9.17) is 0 Å². The van der Waals surface area contributed by atoms with Crippen LogP contribution in [0.4, 0.5) is 0 Å². The Bertz CT molecular complexity index is 1390. The number of thiazole rings is 1. The van der Waals surface area contributed by atoms with Crippen LogP contribution in [0.5, 0.6) is 0 Å². The lowest BCUT2D eigenvalue weighted by molar-refractivity contribution is -0.145. The molecule has 9 heteroatoms. The second-order valence-electron chi connectivity index (χ2n) is 11.4. The van der Waals surface area contributed by atoms with Gasteiger partial charge in [-0.1, -0.05) is 63.2 Å². The van der Waals surface area contributed by atoms with E-state index in [1.54, 1.807) is 22.3 Å². The molecule has 204 valence electrons. The van der Waals surface area contributed by atoms with Crippen molar-refractivity contribution in [1.82, 2.24) is 20.1 Å². The minimum Gasteiger partial charge on any atom is -0.391 e. The standard InChI is InChI=1S/C30H34N4O4S/c1-18-25(39-17-32-18)20-11-9-19(10-12-20)14-31-27(36)24-13-22(35)16-33(24)29(38)26(30(2,3)4)34-15-21-7-5-6-8-23(21)28(34)37/h5-12,17,22,24,26,35H,13-16H2,1-4H3,(H,31,36)/t22-,24+,26-/m1/s1. The van der Waals surface area contributed by atoms with Crippen molar-refractivity contribution in [2.45, 2.75) is 65.4 Å². The van der Waals surface area contributed by atoms with E-state index in [1.807, 2.05) is 75.7 Å². The van der Waals surface area contributed by atoms with Crippen molar-refractivity contribution < 1.29 is 19.5 Å². The number of aromatic nitrogens is 1. The normalized spacial score (nSPS) is 19.8. The lowest BCUT2D eigenvalue weighted by Crippen LogP contribution is -2.57. The zero-order chi connectivity index (χ0) is 27.9. The molecule has 1 fully saturated rings. The van der Waals surface area contributed by atoms with Crippen LogP contribution in [-0.2, 0) is 22.7 Å². The van der Waals surface area contributed by atoms with E-state index < -0.39 is 23.6 Å². The smallest absolute Gasteiger partial charge is 0.255 e. The zero-order valence-electron chi connectivity index (χ0n) is 22.7. The second kappa shape index (κ2) is 10.5. The summed E-state index contributed by atoms with van der Waals surface area (Å²) in [6.45, 7) is 8.44. The molecular formula is C30H34N4O4S. The number of likely N-dealkylation sites (tertiary alicyclic amines) is 1. The molecule has 0 saturated carbocycles. The molecule has 2 aromatic carbocycles. The monoisotopic (exact) mass is 546 g/mol. The van der Waals surface area contributed by atoms with E-state index in [2.05, 4.69) is 10.3 Å². The number of aryl methyl sites for hydroxylation is 1. The first-order chi connectivity index (χ1) is 18.5. The number of amides is 3.